The zero-order chi connectivity index (χ0) is 12.1. The summed E-state index contributed by atoms with van der Waals surface area (Å²) in [6.07, 6.45) is 2.99. The molecule has 1 heterocycles. The summed E-state index contributed by atoms with van der Waals surface area (Å²) in [4.78, 5) is 13.4. The average molecular weight is 231 g/mol. The van der Waals surface area contributed by atoms with Crippen LogP contribution in [0.2, 0.25) is 0 Å². The van der Waals surface area contributed by atoms with E-state index in [0.29, 0.717) is 11.7 Å². The van der Waals surface area contributed by atoms with Crippen LogP contribution in [0.4, 0.5) is 0 Å². The Kier molecular flexibility index (Phi) is 4.32. The molecule has 1 aromatic rings. The van der Waals surface area contributed by atoms with Crippen LogP contribution in [0.5, 0.6) is 0 Å². The van der Waals surface area contributed by atoms with E-state index in [1.807, 2.05) is 0 Å². The summed E-state index contributed by atoms with van der Waals surface area (Å²) in [6.45, 7) is 5.08. The van der Waals surface area contributed by atoms with Gasteiger partial charge in [0.25, 0.3) is 0 Å². The molecule has 92 valence electrons. The van der Waals surface area contributed by atoms with Crippen LogP contribution in [0.15, 0.2) is 30.3 Å². The third-order valence-corrected chi connectivity index (χ3v) is 3.55. The summed E-state index contributed by atoms with van der Waals surface area (Å²) < 4.78 is 0. The molecule has 17 heavy (non-hydrogen) atoms. The van der Waals surface area contributed by atoms with Crippen LogP contribution >= 0.6 is 0 Å². The summed E-state index contributed by atoms with van der Waals surface area (Å²) in [5.41, 5.74) is 1.46. The average Bonchev–Trinajstić information content (AvgIpc) is 2.78. The van der Waals surface area contributed by atoms with E-state index in [0.717, 1.165) is 25.9 Å². The summed E-state index contributed by atoms with van der Waals surface area (Å²) in [6, 6.07) is 10.8. The number of carbonyl (C=O) groups is 1. The fourth-order valence-electron chi connectivity index (χ4n) is 2.58. The van der Waals surface area contributed by atoms with Crippen molar-refractivity contribution >= 4 is 5.78 Å². The van der Waals surface area contributed by atoms with Crippen LogP contribution in [0, 0.1) is 0 Å². The van der Waals surface area contributed by atoms with Gasteiger partial charge in [-0.05, 0) is 44.3 Å². The van der Waals surface area contributed by atoms with Crippen molar-refractivity contribution in [3.8, 4) is 0 Å². The molecule has 0 saturated carbocycles. The van der Waals surface area contributed by atoms with Crippen LogP contribution in [0.25, 0.3) is 0 Å². The van der Waals surface area contributed by atoms with Crippen LogP contribution in [0.3, 0.4) is 0 Å². The molecule has 0 aliphatic carbocycles. The largest absolute Gasteiger partial charge is 0.303 e. The molecule has 2 nitrogen and oxygen atoms in total. The highest BCUT2D eigenvalue weighted by Gasteiger charge is 2.22. The summed E-state index contributed by atoms with van der Waals surface area (Å²) >= 11 is 0. The molecule has 1 atom stereocenters. The number of hydrogen-bond acceptors (Lipinski definition) is 2. The quantitative estimate of drug-likeness (QED) is 0.776. The van der Waals surface area contributed by atoms with Crippen LogP contribution in [-0.2, 0) is 4.79 Å². The van der Waals surface area contributed by atoms with Gasteiger partial charge >= 0.3 is 0 Å². The Hall–Kier alpha value is -1.15. The van der Waals surface area contributed by atoms with Crippen molar-refractivity contribution in [2.24, 2.45) is 0 Å². The number of likely N-dealkylation sites (tertiary alicyclic amines) is 1. The maximum atomic E-state index is 10.9. The van der Waals surface area contributed by atoms with E-state index < -0.39 is 0 Å². The first-order valence-corrected chi connectivity index (χ1v) is 6.52. The predicted octanol–water partition coefficient (Wildman–Crippen LogP) is 2.85. The number of benzene rings is 1. The number of ketones is 1. The number of Topliss-reactive ketones (excluding diaryl/α,β-unsaturated/α-hetero) is 1. The second kappa shape index (κ2) is 5.97. The lowest BCUT2D eigenvalue weighted by Gasteiger charge is -2.15. The molecule has 0 N–H and O–H groups in total. The molecule has 1 aromatic carbocycles. The summed E-state index contributed by atoms with van der Waals surface area (Å²) in [7, 11) is 0. The Morgan fingerprint density at radius 1 is 1.35 bits per heavy atom. The van der Waals surface area contributed by atoms with Gasteiger partial charge < -0.3 is 9.69 Å². The first-order chi connectivity index (χ1) is 8.25. The Balaban J connectivity index is 1.78. The maximum Gasteiger partial charge on any atom is 0.129 e. The fourth-order valence-corrected chi connectivity index (χ4v) is 2.58. The van der Waals surface area contributed by atoms with Gasteiger partial charge in [-0.1, -0.05) is 30.3 Å². The molecule has 1 aliphatic rings. The molecule has 0 amide bonds. The SMILES string of the molecule is CC(=O)CCCN1CCC(c2ccccc2)C1. The monoisotopic (exact) mass is 231 g/mol. The van der Waals surface area contributed by atoms with E-state index in [1.165, 1.54) is 18.5 Å². The molecule has 2 heteroatoms. The third-order valence-electron chi connectivity index (χ3n) is 3.55. The van der Waals surface area contributed by atoms with Gasteiger partial charge in [0, 0.05) is 13.0 Å². The number of carbonyl (C=O) groups excluding carboxylic acids is 1. The summed E-state index contributed by atoms with van der Waals surface area (Å²) in [5, 5.41) is 0. The first kappa shape index (κ1) is 12.3. The van der Waals surface area contributed by atoms with Gasteiger partial charge in [-0.3, -0.25) is 0 Å². The van der Waals surface area contributed by atoms with Crippen LogP contribution in [-0.4, -0.2) is 30.3 Å². The minimum absolute atomic E-state index is 0.309. The highest BCUT2D eigenvalue weighted by atomic mass is 16.1. The molecular weight excluding hydrogens is 210 g/mol. The summed E-state index contributed by atoms with van der Waals surface area (Å²) in [5.74, 6) is 0.998. The van der Waals surface area contributed by atoms with Crippen molar-refractivity contribution < 1.29 is 4.79 Å². The molecule has 1 saturated heterocycles. The van der Waals surface area contributed by atoms with E-state index in [1.54, 1.807) is 6.92 Å². The first-order valence-electron chi connectivity index (χ1n) is 6.52. The van der Waals surface area contributed by atoms with E-state index in [4.69, 9.17) is 0 Å². The number of nitrogens with zero attached hydrogens (tertiary/aromatic N) is 1. The van der Waals surface area contributed by atoms with Gasteiger partial charge in [-0.15, -0.1) is 0 Å². The third kappa shape index (κ3) is 3.67. The van der Waals surface area contributed by atoms with Crippen molar-refractivity contribution in [3.05, 3.63) is 35.9 Å². The van der Waals surface area contributed by atoms with E-state index in [2.05, 4.69) is 35.2 Å². The minimum Gasteiger partial charge on any atom is -0.303 e. The Morgan fingerprint density at radius 3 is 2.82 bits per heavy atom. The molecule has 0 radical (unpaired) electrons. The smallest absolute Gasteiger partial charge is 0.129 e. The van der Waals surface area contributed by atoms with Gasteiger partial charge in [-0.25, -0.2) is 0 Å². The Morgan fingerprint density at radius 2 is 2.12 bits per heavy atom. The van der Waals surface area contributed by atoms with Gasteiger partial charge in [0.1, 0.15) is 5.78 Å². The topological polar surface area (TPSA) is 20.3 Å². The molecule has 1 fully saturated rings. The Bertz CT molecular complexity index is 360. The zero-order valence-corrected chi connectivity index (χ0v) is 10.6. The van der Waals surface area contributed by atoms with Crippen LogP contribution in [0.1, 0.15) is 37.7 Å². The highest BCUT2D eigenvalue weighted by molar-refractivity contribution is 5.75. The van der Waals surface area contributed by atoms with E-state index in [-0.39, 0.29) is 0 Å². The molecular formula is C15H21NO. The van der Waals surface area contributed by atoms with Crippen molar-refractivity contribution in [1.82, 2.24) is 4.90 Å². The molecule has 0 spiro atoms. The molecule has 0 aromatic heterocycles. The lowest BCUT2D eigenvalue weighted by atomic mass is 9.99. The van der Waals surface area contributed by atoms with Gasteiger partial charge in [0.2, 0.25) is 0 Å². The molecule has 1 aliphatic heterocycles. The minimum atomic E-state index is 0.309. The second-order valence-electron chi connectivity index (χ2n) is 5.00. The molecule has 1 unspecified atom stereocenters. The highest BCUT2D eigenvalue weighted by Crippen LogP contribution is 2.26. The van der Waals surface area contributed by atoms with Crippen molar-refractivity contribution in [1.29, 1.82) is 0 Å². The van der Waals surface area contributed by atoms with Gasteiger partial charge in [-0.2, -0.15) is 0 Å². The van der Waals surface area contributed by atoms with Gasteiger partial charge in [0.05, 0.1) is 0 Å². The lowest BCUT2D eigenvalue weighted by Crippen LogP contribution is -2.22. The van der Waals surface area contributed by atoms with E-state index in [9.17, 15) is 4.79 Å². The standard InChI is InChI=1S/C15H21NO/c1-13(17)6-5-10-16-11-9-15(12-16)14-7-3-2-4-8-14/h2-4,7-8,15H,5-6,9-12H2,1H3. The molecule has 2 rings (SSSR count). The zero-order valence-electron chi connectivity index (χ0n) is 10.6. The maximum absolute atomic E-state index is 10.9. The number of rotatable bonds is 5. The predicted molar refractivity (Wildman–Crippen MR) is 70.2 cm³/mol. The lowest BCUT2D eigenvalue weighted by molar-refractivity contribution is -0.117. The van der Waals surface area contributed by atoms with Crippen molar-refractivity contribution in [2.45, 2.75) is 32.1 Å². The van der Waals surface area contributed by atoms with Crippen molar-refractivity contribution in [3.63, 3.8) is 0 Å². The molecule has 0 bridgehead atoms. The normalized spacial score (nSPS) is 20.6. The van der Waals surface area contributed by atoms with Crippen LogP contribution < -0.4 is 0 Å². The van der Waals surface area contributed by atoms with E-state index >= 15 is 0 Å². The van der Waals surface area contributed by atoms with Gasteiger partial charge in [0.15, 0.2) is 0 Å². The number of hydrogen-bond donors (Lipinski definition) is 0. The Labute approximate surface area is 104 Å². The second-order valence-corrected chi connectivity index (χ2v) is 5.00. The van der Waals surface area contributed by atoms with Crippen molar-refractivity contribution in [2.75, 3.05) is 19.6 Å². The fraction of sp³-hybridized carbons (Fsp3) is 0.533.